The van der Waals surface area contributed by atoms with Crippen LogP contribution >= 0.6 is 0 Å². The Morgan fingerprint density at radius 1 is 1.17 bits per heavy atom. The molecule has 0 radical (unpaired) electrons. The smallest absolute Gasteiger partial charge is 0.269 e. The van der Waals surface area contributed by atoms with Crippen molar-refractivity contribution < 1.29 is 4.92 Å². The van der Waals surface area contributed by atoms with Crippen LogP contribution in [0.2, 0.25) is 0 Å². The number of nitrogens with zero attached hydrogens (tertiary/aromatic N) is 2. The van der Waals surface area contributed by atoms with Gasteiger partial charge in [-0.2, -0.15) is 0 Å². The molecule has 94 valence electrons. The van der Waals surface area contributed by atoms with Gasteiger partial charge in [0.05, 0.1) is 4.92 Å². The molecule has 1 aromatic carbocycles. The summed E-state index contributed by atoms with van der Waals surface area (Å²) in [6.07, 6.45) is 4.06. The molecule has 0 aliphatic heterocycles. The zero-order valence-corrected chi connectivity index (χ0v) is 10.2. The Morgan fingerprint density at radius 2 is 1.83 bits per heavy atom. The van der Waals surface area contributed by atoms with E-state index in [9.17, 15) is 10.1 Å². The quantitative estimate of drug-likeness (QED) is 0.649. The summed E-state index contributed by atoms with van der Waals surface area (Å²) in [5, 5.41) is 13.8. The molecule has 0 saturated heterocycles. The van der Waals surface area contributed by atoms with Crippen LogP contribution in [0, 0.1) is 10.1 Å². The Hall–Kier alpha value is -2.14. The largest absolute Gasteiger partial charge is 0.357 e. The predicted molar refractivity (Wildman–Crippen MR) is 69.1 cm³/mol. The number of hydrogen-bond donors (Lipinski definition) is 1. The lowest BCUT2D eigenvalue weighted by Crippen LogP contribution is -2.12. The van der Waals surface area contributed by atoms with Crippen LogP contribution in [0.5, 0.6) is 0 Å². The minimum absolute atomic E-state index is 0.127. The Morgan fingerprint density at radius 3 is 2.39 bits per heavy atom. The van der Waals surface area contributed by atoms with Crippen LogP contribution in [-0.2, 0) is 20.1 Å². The van der Waals surface area contributed by atoms with E-state index in [1.807, 2.05) is 17.8 Å². The third-order valence-corrected chi connectivity index (χ3v) is 2.70. The Labute approximate surface area is 105 Å². The summed E-state index contributed by atoms with van der Waals surface area (Å²) in [5.41, 5.74) is 2.39. The summed E-state index contributed by atoms with van der Waals surface area (Å²) in [6.45, 7) is 1.49. The number of aryl methyl sites for hydroxylation is 1. The van der Waals surface area contributed by atoms with Crippen LogP contribution in [0.25, 0.3) is 0 Å². The maximum Gasteiger partial charge on any atom is 0.269 e. The van der Waals surface area contributed by atoms with Crippen LogP contribution in [0.4, 0.5) is 5.69 Å². The van der Waals surface area contributed by atoms with Gasteiger partial charge in [-0.05, 0) is 17.2 Å². The molecule has 0 amide bonds. The lowest BCUT2D eigenvalue weighted by molar-refractivity contribution is -0.384. The molecule has 0 fully saturated rings. The van der Waals surface area contributed by atoms with Crippen molar-refractivity contribution in [2.45, 2.75) is 13.1 Å². The summed E-state index contributed by atoms with van der Waals surface area (Å²) in [6, 6.07) is 8.66. The molecular weight excluding hydrogens is 230 g/mol. The van der Waals surface area contributed by atoms with Gasteiger partial charge in [-0.3, -0.25) is 10.1 Å². The number of rotatable bonds is 5. The molecule has 2 aromatic rings. The van der Waals surface area contributed by atoms with E-state index in [0.29, 0.717) is 6.54 Å². The van der Waals surface area contributed by atoms with E-state index < -0.39 is 0 Å². The van der Waals surface area contributed by atoms with Crippen molar-refractivity contribution in [2.75, 3.05) is 0 Å². The van der Waals surface area contributed by atoms with Crippen LogP contribution < -0.4 is 5.32 Å². The molecule has 0 bridgehead atoms. The van der Waals surface area contributed by atoms with Gasteiger partial charge < -0.3 is 9.88 Å². The summed E-state index contributed by atoms with van der Waals surface area (Å²) >= 11 is 0. The van der Waals surface area contributed by atoms with Gasteiger partial charge in [0.25, 0.3) is 5.69 Å². The number of non-ortho nitro benzene ring substituents is 1. The number of hydrogen-bond acceptors (Lipinski definition) is 3. The number of nitro groups is 1. The van der Waals surface area contributed by atoms with E-state index in [2.05, 4.69) is 17.6 Å². The van der Waals surface area contributed by atoms with Crippen molar-refractivity contribution in [3.05, 3.63) is 64.0 Å². The number of benzene rings is 1. The topological polar surface area (TPSA) is 60.1 Å². The van der Waals surface area contributed by atoms with Crippen molar-refractivity contribution in [1.29, 1.82) is 0 Å². The first-order chi connectivity index (χ1) is 8.65. The van der Waals surface area contributed by atoms with Gasteiger partial charge in [-0.15, -0.1) is 0 Å². The monoisotopic (exact) mass is 245 g/mol. The van der Waals surface area contributed by atoms with E-state index in [4.69, 9.17) is 0 Å². The second kappa shape index (κ2) is 5.46. The molecule has 0 atom stereocenters. The van der Waals surface area contributed by atoms with Crippen molar-refractivity contribution in [3.63, 3.8) is 0 Å². The molecular formula is C13H15N3O2. The number of aromatic nitrogens is 1. The second-order valence-electron chi connectivity index (χ2n) is 4.21. The Bertz CT molecular complexity index is 531. The molecule has 0 unspecified atom stereocenters. The van der Waals surface area contributed by atoms with Crippen LogP contribution in [0.1, 0.15) is 11.1 Å². The summed E-state index contributed by atoms with van der Waals surface area (Å²) < 4.78 is 2.00. The molecule has 0 aliphatic carbocycles. The predicted octanol–water partition coefficient (Wildman–Crippen LogP) is 2.22. The lowest BCUT2D eigenvalue weighted by atomic mass is 10.2. The molecule has 0 aliphatic rings. The van der Waals surface area contributed by atoms with E-state index in [-0.39, 0.29) is 10.6 Å². The van der Waals surface area contributed by atoms with Gasteiger partial charge in [0, 0.05) is 44.7 Å². The average Bonchev–Trinajstić information content (AvgIpc) is 2.76. The molecule has 0 saturated carbocycles. The first-order valence-electron chi connectivity index (χ1n) is 5.70. The Kier molecular flexibility index (Phi) is 3.74. The summed E-state index contributed by atoms with van der Waals surface area (Å²) in [5.74, 6) is 0. The lowest BCUT2D eigenvalue weighted by Gasteiger charge is -2.03. The van der Waals surface area contributed by atoms with Gasteiger partial charge in [-0.25, -0.2) is 0 Å². The SMILES string of the molecule is Cn1ccc(CNCc2ccc([N+](=O)[O-])cc2)c1. The second-order valence-corrected chi connectivity index (χ2v) is 4.21. The minimum Gasteiger partial charge on any atom is -0.357 e. The zero-order valence-electron chi connectivity index (χ0n) is 10.2. The van der Waals surface area contributed by atoms with Crippen molar-refractivity contribution in [3.8, 4) is 0 Å². The third-order valence-electron chi connectivity index (χ3n) is 2.70. The molecule has 0 spiro atoms. The summed E-state index contributed by atoms with van der Waals surface area (Å²) in [7, 11) is 1.99. The average molecular weight is 245 g/mol. The number of nitrogens with one attached hydrogen (secondary N) is 1. The number of nitro benzene ring substituents is 1. The molecule has 1 N–H and O–H groups in total. The van der Waals surface area contributed by atoms with E-state index >= 15 is 0 Å². The van der Waals surface area contributed by atoms with Gasteiger partial charge in [-0.1, -0.05) is 12.1 Å². The van der Waals surface area contributed by atoms with Gasteiger partial charge in [0.15, 0.2) is 0 Å². The fraction of sp³-hybridized carbons (Fsp3) is 0.231. The van der Waals surface area contributed by atoms with Crippen molar-refractivity contribution >= 4 is 5.69 Å². The molecule has 2 rings (SSSR count). The van der Waals surface area contributed by atoms with Crippen LogP contribution in [0.15, 0.2) is 42.7 Å². The normalized spacial score (nSPS) is 10.5. The van der Waals surface area contributed by atoms with Crippen LogP contribution in [0.3, 0.4) is 0 Å². The highest BCUT2D eigenvalue weighted by Crippen LogP contribution is 2.11. The van der Waals surface area contributed by atoms with E-state index in [1.54, 1.807) is 12.1 Å². The fourth-order valence-corrected chi connectivity index (χ4v) is 1.75. The maximum atomic E-state index is 10.5. The van der Waals surface area contributed by atoms with Gasteiger partial charge in [0.2, 0.25) is 0 Å². The minimum atomic E-state index is -0.388. The van der Waals surface area contributed by atoms with Crippen molar-refractivity contribution in [1.82, 2.24) is 9.88 Å². The molecule has 1 heterocycles. The first kappa shape index (κ1) is 12.3. The molecule has 5 nitrogen and oxygen atoms in total. The van der Waals surface area contributed by atoms with Crippen LogP contribution in [-0.4, -0.2) is 9.49 Å². The highest BCUT2D eigenvalue weighted by molar-refractivity contribution is 5.32. The molecule has 5 heteroatoms. The van der Waals surface area contributed by atoms with Crippen molar-refractivity contribution in [2.24, 2.45) is 7.05 Å². The molecule has 1 aromatic heterocycles. The fourth-order valence-electron chi connectivity index (χ4n) is 1.75. The maximum absolute atomic E-state index is 10.5. The first-order valence-corrected chi connectivity index (χ1v) is 5.70. The highest BCUT2D eigenvalue weighted by atomic mass is 16.6. The highest BCUT2D eigenvalue weighted by Gasteiger charge is 2.03. The van der Waals surface area contributed by atoms with Gasteiger partial charge in [0.1, 0.15) is 0 Å². The zero-order chi connectivity index (χ0) is 13.0. The Balaban J connectivity index is 1.85. The van der Waals surface area contributed by atoms with E-state index in [1.165, 1.54) is 17.7 Å². The third kappa shape index (κ3) is 3.18. The molecule has 18 heavy (non-hydrogen) atoms. The van der Waals surface area contributed by atoms with Gasteiger partial charge >= 0.3 is 0 Å². The van der Waals surface area contributed by atoms with E-state index in [0.717, 1.165) is 12.1 Å². The summed E-state index contributed by atoms with van der Waals surface area (Å²) in [4.78, 5) is 10.1. The standard InChI is InChI=1S/C13H15N3O2/c1-15-7-6-12(10-15)9-14-8-11-2-4-13(5-3-11)16(17)18/h2-7,10,14H,8-9H2,1H3.